The molecule has 0 aromatic carbocycles. The first-order valence-electron chi connectivity index (χ1n) is 9.66. The highest BCUT2D eigenvalue weighted by Gasteiger charge is 2.44. The summed E-state index contributed by atoms with van der Waals surface area (Å²) in [5.74, 6) is 4.07. The summed E-state index contributed by atoms with van der Waals surface area (Å²) in [6, 6.07) is 0. The van der Waals surface area contributed by atoms with E-state index in [1.807, 2.05) is 0 Å². The van der Waals surface area contributed by atoms with Gasteiger partial charge in [-0.3, -0.25) is 4.90 Å². The van der Waals surface area contributed by atoms with E-state index in [4.69, 9.17) is 5.73 Å². The Kier molecular flexibility index (Phi) is 4.95. The van der Waals surface area contributed by atoms with Gasteiger partial charge in [-0.15, -0.1) is 0 Å². The predicted molar refractivity (Wildman–Crippen MR) is 90.2 cm³/mol. The van der Waals surface area contributed by atoms with Gasteiger partial charge in [0.1, 0.15) is 0 Å². The molecule has 0 saturated heterocycles. The Morgan fingerprint density at radius 3 is 2.29 bits per heavy atom. The molecule has 2 N–H and O–H groups in total. The lowest BCUT2D eigenvalue weighted by Gasteiger charge is -2.49. The lowest BCUT2D eigenvalue weighted by atomic mass is 9.74. The average molecular weight is 293 g/mol. The molecular formula is C19H36N2. The van der Waals surface area contributed by atoms with Crippen LogP contribution < -0.4 is 5.73 Å². The van der Waals surface area contributed by atoms with Crippen LogP contribution in [0.1, 0.15) is 71.6 Å². The SMILES string of the molecule is CCC1CCC(CN)(N(CC)CC2CC3CCC2C3)CC1. The molecule has 3 atom stereocenters. The van der Waals surface area contributed by atoms with E-state index in [9.17, 15) is 0 Å². The molecule has 2 bridgehead atoms. The lowest BCUT2D eigenvalue weighted by Crippen LogP contribution is -2.57. The van der Waals surface area contributed by atoms with Crippen LogP contribution in [0.15, 0.2) is 0 Å². The number of nitrogens with two attached hydrogens (primary N) is 1. The fourth-order valence-electron chi connectivity index (χ4n) is 5.81. The number of nitrogens with zero attached hydrogens (tertiary/aromatic N) is 1. The van der Waals surface area contributed by atoms with Crippen molar-refractivity contribution in [3.05, 3.63) is 0 Å². The molecule has 0 aromatic heterocycles. The first-order chi connectivity index (χ1) is 10.2. The zero-order valence-electron chi connectivity index (χ0n) is 14.3. The average Bonchev–Trinajstić information content (AvgIpc) is 3.15. The highest BCUT2D eigenvalue weighted by atomic mass is 15.2. The van der Waals surface area contributed by atoms with Crippen LogP contribution >= 0.6 is 0 Å². The van der Waals surface area contributed by atoms with Crippen LogP contribution in [0.4, 0.5) is 0 Å². The Morgan fingerprint density at radius 2 is 1.81 bits per heavy atom. The van der Waals surface area contributed by atoms with Crippen molar-refractivity contribution >= 4 is 0 Å². The molecule has 0 aromatic rings. The normalized spacial score (nSPS) is 42.9. The molecule has 2 heteroatoms. The van der Waals surface area contributed by atoms with Crippen LogP contribution in [0.5, 0.6) is 0 Å². The van der Waals surface area contributed by atoms with Crippen molar-refractivity contribution in [1.82, 2.24) is 4.90 Å². The number of likely N-dealkylation sites (N-methyl/N-ethyl adjacent to an activating group) is 1. The summed E-state index contributed by atoms with van der Waals surface area (Å²) >= 11 is 0. The summed E-state index contributed by atoms with van der Waals surface area (Å²) < 4.78 is 0. The van der Waals surface area contributed by atoms with Crippen molar-refractivity contribution in [2.24, 2.45) is 29.4 Å². The molecule has 0 amide bonds. The van der Waals surface area contributed by atoms with Crippen LogP contribution in [0.3, 0.4) is 0 Å². The largest absolute Gasteiger partial charge is 0.329 e. The third kappa shape index (κ3) is 3.03. The second kappa shape index (κ2) is 6.58. The number of fused-ring (bicyclic) bond motifs is 2. The second-order valence-electron chi connectivity index (χ2n) is 8.25. The summed E-state index contributed by atoms with van der Waals surface area (Å²) in [6.07, 6.45) is 12.9. The molecule has 0 heterocycles. The molecule has 3 fully saturated rings. The third-order valence-electron chi connectivity index (χ3n) is 7.39. The summed E-state index contributed by atoms with van der Waals surface area (Å²) in [4.78, 5) is 2.81. The van der Waals surface area contributed by atoms with Gasteiger partial charge in [0.2, 0.25) is 0 Å². The third-order valence-corrected chi connectivity index (χ3v) is 7.39. The first-order valence-corrected chi connectivity index (χ1v) is 9.66. The van der Waals surface area contributed by atoms with Gasteiger partial charge in [0.05, 0.1) is 0 Å². The minimum atomic E-state index is 0.336. The Morgan fingerprint density at radius 1 is 1.05 bits per heavy atom. The van der Waals surface area contributed by atoms with E-state index >= 15 is 0 Å². The van der Waals surface area contributed by atoms with Crippen LogP contribution in [0.25, 0.3) is 0 Å². The van der Waals surface area contributed by atoms with Crippen molar-refractivity contribution in [3.63, 3.8) is 0 Å². The van der Waals surface area contributed by atoms with E-state index in [1.54, 1.807) is 0 Å². The van der Waals surface area contributed by atoms with Crippen molar-refractivity contribution in [3.8, 4) is 0 Å². The fourth-order valence-corrected chi connectivity index (χ4v) is 5.81. The van der Waals surface area contributed by atoms with E-state index in [0.29, 0.717) is 5.54 Å². The van der Waals surface area contributed by atoms with Gasteiger partial charge in [0, 0.05) is 18.6 Å². The van der Waals surface area contributed by atoms with Gasteiger partial charge in [0.15, 0.2) is 0 Å². The van der Waals surface area contributed by atoms with Gasteiger partial charge in [-0.2, -0.15) is 0 Å². The zero-order valence-corrected chi connectivity index (χ0v) is 14.3. The van der Waals surface area contributed by atoms with Crippen molar-refractivity contribution in [1.29, 1.82) is 0 Å². The molecule has 122 valence electrons. The Balaban J connectivity index is 1.63. The van der Waals surface area contributed by atoms with E-state index < -0.39 is 0 Å². The number of hydrogen-bond donors (Lipinski definition) is 1. The monoisotopic (exact) mass is 292 g/mol. The minimum Gasteiger partial charge on any atom is -0.329 e. The first kappa shape index (κ1) is 15.8. The maximum atomic E-state index is 6.31. The Labute approximate surface area is 131 Å². The summed E-state index contributed by atoms with van der Waals surface area (Å²) in [6.45, 7) is 8.12. The molecule has 0 radical (unpaired) electrons. The molecule has 21 heavy (non-hydrogen) atoms. The van der Waals surface area contributed by atoms with Gasteiger partial charge < -0.3 is 5.73 Å². The highest BCUT2D eigenvalue weighted by Crippen LogP contribution is 2.49. The maximum Gasteiger partial charge on any atom is 0.0331 e. The van der Waals surface area contributed by atoms with Gasteiger partial charge in [-0.25, -0.2) is 0 Å². The van der Waals surface area contributed by atoms with E-state index in [0.717, 1.165) is 30.2 Å². The van der Waals surface area contributed by atoms with Crippen molar-refractivity contribution in [2.75, 3.05) is 19.6 Å². The minimum absolute atomic E-state index is 0.336. The van der Waals surface area contributed by atoms with Gasteiger partial charge in [-0.1, -0.05) is 26.7 Å². The second-order valence-corrected chi connectivity index (χ2v) is 8.25. The predicted octanol–water partition coefficient (Wildman–Crippen LogP) is 4.04. The summed E-state index contributed by atoms with van der Waals surface area (Å²) in [7, 11) is 0. The molecule has 2 nitrogen and oxygen atoms in total. The quantitative estimate of drug-likeness (QED) is 0.800. The van der Waals surface area contributed by atoms with Crippen molar-refractivity contribution in [2.45, 2.75) is 77.2 Å². The van der Waals surface area contributed by atoms with E-state index in [-0.39, 0.29) is 0 Å². The molecule has 3 unspecified atom stereocenters. The molecule has 3 rings (SSSR count). The Bertz CT molecular complexity index is 332. The van der Waals surface area contributed by atoms with Crippen LogP contribution in [-0.4, -0.2) is 30.1 Å². The molecule has 3 saturated carbocycles. The van der Waals surface area contributed by atoms with Gasteiger partial charge >= 0.3 is 0 Å². The molecule has 0 aliphatic heterocycles. The summed E-state index contributed by atoms with van der Waals surface area (Å²) in [5.41, 5.74) is 6.65. The number of hydrogen-bond acceptors (Lipinski definition) is 2. The molecular weight excluding hydrogens is 256 g/mol. The summed E-state index contributed by atoms with van der Waals surface area (Å²) in [5, 5.41) is 0. The lowest BCUT2D eigenvalue weighted by molar-refractivity contribution is 0.0258. The molecule has 0 spiro atoms. The molecule has 3 aliphatic carbocycles. The maximum absolute atomic E-state index is 6.31. The number of rotatable bonds is 6. The zero-order chi connectivity index (χ0) is 14.9. The van der Waals surface area contributed by atoms with Crippen LogP contribution in [0, 0.1) is 23.7 Å². The fraction of sp³-hybridized carbons (Fsp3) is 1.00. The van der Waals surface area contributed by atoms with Crippen molar-refractivity contribution < 1.29 is 0 Å². The smallest absolute Gasteiger partial charge is 0.0331 e. The topological polar surface area (TPSA) is 29.3 Å². The van der Waals surface area contributed by atoms with Crippen LogP contribution in [0.2, 0.25) is 0 Å². The van der Waals surface area contributed by atoms with Crippen LogP contribution in [-0.2, 0) is 0 Å². The van der Waals surface area contributed by atoms with Gasteiger partial charge in [0.25, 0.3) is 0 Å². The Hall–Kier alpha value is -0.0800. The van der Waals surface area contributed by atoms with E-state index in [1.165, 1.54) is 70.9 Å². The van der Waals surface area contributed by atoms with Gasteiger partial charge in [-0.05, 0) is 75.2 Å². The standard InChI is InChI=1S/C19H36N2/c1-3-15-7-9-19(14-20,10-8-15)21(4-2)13-18-12-16-5-6-17(18)11-16/h15-18H,3-14,20H2,1-2H3. The highest BCUT2D eigenvalue weighted by molar-refractivity contribution is 4.98. The molecule has 3 aliphatic rings. The van der Waals surface area contributed by atoms with E-state index in [2.05, 4.69) is 18.7 Å².